The molecule has 18 heavy (non-hydrogen) atoms. The molecule has 1 saturated heterocycles. The van der Waals surface area contributed by atoms with Crippen LogP contribution < -0.4 is 5.32 Å². The van der Waals surface area contributed by atoms with Gasteiger partial charge in [0.05, 0.1) is 0 Å². The van der Waals surface area contributed by atoms with Gasteiger partial charge in [-0.1, -0.05) is 27.2 Å². The van der Waals surface area contributed by atoms with Crippen LogP contribution in [0.3, 0.4) is 0 Å². The highest BCUT2D eigenvalue weighted by molar-refractivity contribution is 4.73. The number of nitrogens with one attached hydrogen (secondary N) is 1. The van der Waals surface area contributed by atoms with Crippen molar-refractivity contribution in [3.05, 3.63) is 0 Å². The van der Waals surface area contributed by atoms with Gasteiger partial charge in [0.1, 0.15) is 0 Å². The molecule has 0 radical (unpaired) electrons. The average Bonchev–Trinajstić information content (AvgIpc) is 2.43. The van der Waals surface area contributed by atoms with E-state index in [1.165, 1.54) is 71.1 Å². The number of likely N-dealkylation sites (tertiary alicyclic amines) is 1. The first-order valence-corrected chi connectivity index (χ1v) is 8.25. The zero-order valence-electron chi connectivity index (χ0n) is 12.9. The smallest absolute Gasteiger partial charge is 0.00649 e. The van der Waals surface area contributed by atoms with Crippen LogP contribution in [0.15, 0.2) is 0 Å². The minimum Gasteiger partial charge on any atom is -0.314 e. The van der Waals surface area contributed by atoms with Crippen molar-refractivity contribution in [3.8, 4) is 0 Å². The van der Waals surface area contributed by atoms with E-state index in [9.17, 15) is 0 Å². The highest BCUT2D eigenvalue weighted by Gasteiger charge is 2.18. The van der Waals surface area contributed by atoms with Crippen LogP contribution in [0.1, 0.15) is 65.7 Å². The van der Waals surface area contributed by atoms with E-state index in [4.69, 9.17) is 0 Å². The van der Waals surface area contributed by atoms with Crippen LogP contribution in [0, 0.1) is 5.92 Å². The summed E-state index contributed by atoms with van der Waals surface area (Å²) in [5.74, 6) is 0.971. The lowest BCUT2D eigenvalue weighted by atomic mass is 9.95. The summed E-state index contributed by atoms with van der Waals surface area (Å²) < 4.78 is 0. The predicted octanol–water partition coefficient (Wildman–Crippen LogP) is 3.67. The number of hydrogen-bond acceptors (Lipinski definition) is 2. The highest BCUT2D eigenvalue weighted by Crippen LogP contribution is 2.19. The van der Waals surface area contributed by atoms with E-state index in [1.54, 1.807) is 0 Å². The number of nitrogens with zero attached hydrogens (tertiary/aromatic N) is 1. The summed E-state index contributed by atoms with van der Waals surface area (Å²) in [6.07, 6.45) is 9.49. The number of piperidine rings is 1. The normalized spacial score (nSPS) is 23.2. The minimum absolute atomic E-state index is 0.747. The summed E-state index contributed by atoms with van der Waals surface area (Å²) in [6.45, 7) is 12.1. The van der Waals surface area contributed by atoms with Gasteiger partial charge >= 0.3 is 0 Å². The molecule has 2 unspecified atom stereocenters. The molecular weight excluding hydrogens is 220 g/mol. The van der Waals surface area contributed by atoms with Crippen LogP contribution in [0.25, 0.3) is 0 Å². The summed E-state index contributed by atoms with van der Waals surface area (Å²) in [5.41, 5.74) is 0. The van der Waals surface area contributed by atoms with Gasteiger partial charge in [0.15, 0.2) is 0 Å². The Bertz CT molecular complexity index is 194. The molecule has 0 bridgehead atoms. The maximum absolute atomic E-state index is 3.66. The van der Waals surface area contributed by atoms with Crippen LogP contribution in [0.5, 0.6) is 0 Å². The first-order valence-electron chi connectivity index (χ1n) is 8.25. The van der Waals surface area contributed by atoms with Gasteiger partial charge in [-0.2, -0.15) is 0 Å². The zero-order chi connectivity index (χ0) is 13.2. The van der Waals surface area contributed by atoms with E-state index >= 15 is 0 Å². The monoisotopic (exact) mass is 254 g/mol. The second kappa shape index (κ2) is 9.80. The molecule has 1 aliphatic heterocycles. The van der Waals surface area contributed by atoms with Crippen molar-refractivity contribution in [2.24, 2.45) is 5.92 Å². The molecule has 0 spiro atoms. The van der Waals surface area contributed by atoms with Gasteiger partial charge in [-0.25, -0.2) is 0 Å². The van der Waals surface area contributed by atoms with Crippen molar-refractivity contribution < 1.29 is 0 Å². The minimum atomic E-state index is 0.747. The molecule has 0 amide bonds. The van der Waals surface area contributed by atoms with Gasteiger partial charge in [0.25, 0.3) is 0 Å². The molecule has 1 heterocycles. The Morgan fingerprint density at radius 2 is 2.11 bits per heavy atom. The molecule has 1 rings (SSSR count). The summed E-state index contributed by atoms with van der Waals surface area (Å²) in [7, 11) is 0. The molecule has 2 atom stereocenters. The highest BCUT2D eigenvalue weighted by atomic mass is 15.1. The standard InChI is InChI=1S/C16H34N2/c1-4-11-17-16(6-3)10-8-13-18-12-7-9-15(5-2)14-18/h15-17H,4-14H2,1-3H3. The van der Waals surface area contributed by atoms with E-state index in [-0.39, 0.29) is 0 Å². The largest absolute Gasteiger partial charge is 0.314 e. The maximum Gasteiger partial charge on any atom is 0.00649 e. The van der Waals surface area contributed by atoms with Crippen LogP contribution in [0.4, 0.5) is 0 Å². The Morgan fingerprint density at radius 3 is 2.78 bits per heavy atom. The molecule has 2 heteroatoms. The third kappa shape index (κ3) is 6.19. The lowest BCUT2D eigenvalue weighted by molar-refractivity contribution is 0.167. The van der Waals surface area contributed by atoms with Crippen molar-refractivity contribution in [2.75, 3.05) is 26.2 Å². The molecule has 0 saturated carbocycles. The van der Waals surface area contributed by atoms with E-state index in [1.807, 2.05) is 0 Å². The topological polar surface area (TPSA) is 15.3 Å². The Hall–Kier alpha value is -0.0800. The van der Waals surface area contributed by atoms with Gasteiger partial charge in [-0.05, 0) is 64.1 Å². The molecule has 0 aliphatic carbocycles. The molecule has 0 aromatic rings. The zero-order valence-corrected chi connectivity index (χ0v) is 12.9. The van der Waals surface area contributed by atoms with E-state index in [0.29, 0.717) is 0 Å². The SMILES string of the molecule is CCCNC(CC)CCCN1CCCC(CC)C1. The van der Waals surface area contributed by atoms with Crippen molar-refractivity contribution in [3.63, 3.8) is 0 Å². The fourth-order valence-corrected chi connectivity index (χ4v) is 3.05. The van der Waals surface area contributed by atoms with Crippen molar-refractivity contribution >= 4 is 0 Å². The number of rotatable bonds is 9. The fourth-order valence-electron chi connectivity index (χ4n) is 3.05. The summed E-state index contributed by atoms with van der Waals surface area (Å²) in [4.78, 5) is 2.70. The Labute approximate surface area is 115 Å². The van der Waals surface area contributed by atoms with Crippen molar-refractivity contribution in [1.29, 1.82) is 0 Å². The van der Waals surface area contributed by atoms with Gasteiger partial charge < -0.3 is 10.2 Å². The quantitative estimate of drug-likeness (QED) is 0.675. The van der Waals surface area contributed by atoms with Crippen molar-refractivity contribution in [1.82, 2.24) is 10.2 Å². The Kier molecular flexibility index (Phi) is 8.70. The first-order chi connectivity index (χ1) is 8.80. The molecule has 2 nitrogen and oxygen atoms in total. The summed E-state index contributed by atoms with van der Waals surface area (Å²) in [5, 5.41) is 3.66. The second-order valence-electron chi connectivity index (χ2n) is 5.92. The van der Waals surface area contributed by atoms with Crippen molar-refractivity contribution in [2.45, 2.75) is 71.8 Å². The first kappa shape index (κ1) is 16.0. The Balaban J connectivity index is 2.11. The van der Waals surface area contributed by atoms with Crippen LogP contribution in [0.2, 0.25) is 0 Å². The lowest BCUT2D eigenvalue weighted by Crippen LogP contribution is -2.36. The molecule has 1 aliphatic rings. The van der Waals surface area contributed by atoms with E-state index < -0.39 is 0 Å². The molecule has 0 aromatic heterocycles. The van der Waals surface area contributed by atoms with E-state index in [2.05, 4.69) is 31.0 Å². The fraction of sp³-hybridized carbons (Fsp3) is 1.00. The van der Waals surface area contributed by atoms with Crippen LogP contribution >= 0.6 is 0 Å². The summed E-state index contributed by atoms with van der Waals surface area (Å²) >= 11 is 0. The third-order valence-corrected chi connectivity index (χ3v) is 4.38. The van der Waals surface area contributed by atoms with Gasteiger partial charge in [-0.15, -0.1) is 0 Å². The lowest BCUT2D eigenvalue weighted by Gasteiger charge is -2.32. The van der Waals surface area contributed by atoms with Crippen LogP contribution in [-0.4, -0.2) is 37.1 Å². The van der Waals surface area contributed by atoms with Gasteiger partial charge in [0.2, 0.25) is 0 Å². The third-order valence-electron chi connectivity index (χ3n) is 4.38. The summed E-state index contributed by atoms with van der Waals surface area (Å²) in [6, 6.07) is 0.747. The molecule has 1 fully saturated rings. The second-order valence-corrected chi connectivity index (χ2v) is 5.92. The van der Waals surface area contributed by atoms with E-state index in [0.717, 1.165) is 12.0 Å². The van der Waals surface area contributed by atoms with Gasteiger partial charge in [-0.3, -0.25) is 0 Å². The molecule has 1 N–H and O–H groups in total. The Morgan fingerprint density at radius 1 is 1.28 bits per heavy atom. The van der Waals surface area contributed by atoms with Crippen LogP contribution in [-0.2, 0) is 0 Å². The predicted molar refractivity (Wildman–Crippen MR) is 81.1 cm³/mol. The van der Waals surface area contributed by atoms with Gasteiger partial charge in [0, 0.05) is 12.6 Å². The molecule has 0 aromatic carbocycles. The number of hydrogen-bond donors (Lipinski definition) is 1. The average molecular weight is 254 g/mol. The maximum atomic E-state index is 3.66. The molecule has 108 valence electrons. The molecular formula is C16H34N2.